The fourth-order valence-electron chi connectivity index (χ4n) is 3.17. The smallest absolute Gasteiger partial charge is 0.0882 e. The van der Waals surface area contributed by atoms with Crippen molar-refractivity contribution < 1.29 is 9.84 Å². The van der Waals surface area contributed by atoms with Gasteiger partial charge in [-0.3, -0.25) is 0 Å². The van der Waals surface area contributed by atoms with Crippen LogP contribution in [0.1, 0.15) is 39.0 Å². The first-order chi connectivity index (χ1) is 7.05. The summed E-state index contributed by atoms with van der Waals surface area (Å²) in [6, 6.07) is 2.39. The van der Waals surface area contributed by atoms with Crippen LogP contribution in [-0.4, -0.2) is 23.9 Å². The zero-order valence-corrected chi connectivity index (χ0v) is 9.49. The van der Waals surface area contributed by atoms with Gasteiger partial charge in [-0.1, -0.05) is 6.92 Å². The maximum Gasteiger partial charge on any atom is 0.0882 e. The predicted molar refractivity (Wildman–Crippen MR) is 56.0 cm³/mol. The van der Waals surface area contributed by atoms with Crippen LogP contribution in [0.5, 0.6) is 0 Å². The Kier molecular flexibility index (Phi) is 2.52. The van der Waals surface area contributed by atoms with Crippen molar-refractivity contribution in [2.75, 3.05) is 7.11 Å². The maximum absolute atomic E-state index is 10.5. The Morgan fingerprint density at radius 2 is 2.07 bits per heavy atom. The maximum atomic E-state index is 10.5. The molecule has 2 fully saturated rings. The summed E-state index contributed by atoms with van der Waals surface area (Å²) in [5, 5.41) is 19.8. The molecule has 1 N–H and O–H groups in total. The summed E-state index contributed by atoms with van der Waals surface area (Å²) < 4.78 is 5.19. The number of nitrogens with zero attached hydrogens (tertiary/aromatic N) is 1. The summed E-state index contributed by atoms with van der Waals surface area (Å²) in [6.07, 6.45) is 4.16. The van der Waals surface area contributed by atoms with E-state index in [4.69, 9.17) is 4.74 Å². The molecular weight excluding hydrogens is 190 g/mol. The van der Waals surface area contributed by atoms with Crippen molar-refractivity contribution in [2.24, 2.45) is 11.3 Å². The quantitative estimate of drug-likeness (QED) is 0.755. The van der Waals surface area contributed by atoms with Crippen LogP contribution in [0.4, 0.5) is 0 Å². The molecule has 0 aromatic rings. The minimum atomic E-state index is -0.785. The van der Waals surface area contributed by atoms with Gasteiger partial charge in [0.15, 0.2) is 0 Å². The zero-order chi connectivity index (χ0) is 11.1. The Morgan fingerprint density at radius 3 is 2.47 bits per heavy atom. The standard InChI is InChI=1S/C12H19NO2/c1-9-3-4-11(5-9,8-13)12(14)6-10(7-12)15-2/h9-10,14H,3-7H2,1-2H3. The largest absolute Gasteiger partial charge is 0.388 e. The van der Waals surface area contributed by atoms with E-state index in [-0.39, 0.29) is 6.10 Å². The van der Waals surface area contributed by atoms with Crippen LogP contribution in [0.2, 0.25) is 0 Å². The Labute approximate surface area is 91.0 Å². The van der Waals surface area contributed by atoms with Crippen molar-refractivity contribution in [3.63, 3.8) is 0 Å². The molecule has 2 aliphatic rings. The SMILES string of the molecule is COC1CC(O)(C2(C#N)CCC(C)C2)C1. The van der Waals surface area contributed by atoms with Gasteiger partial charge in [-0.15, -0.1) is 0 Å². The molecule has 2 unspecified atom stereocenters. The van der Waals surface area contributed by atoms with Crippen LogP contribution in [-0.2, 0) is 4.74 Å². The molecule has 2 rings (SSSR count). The van der Waals surface area contributed by atoms with Gasteiger partial charge in [-0.25, -0.2) is 0 Å². The van der Waals surface area contributed by atoms with Crippen molar-refractivity contribution in [3.8, 4) is 6.07 Å². The monoisotopic (exact) mass is 209 g/mol. The highest BCUT2D eigenvalue weighted by Gasteiger charge is 2.60. The van der Waals surface area contributed by atoms with Gasteiger partial charge in [0.2, 0.25) is 0 Å². The van der Waals surface area contributed by atoms with E-state index >= 15 is 0 Å². The summed E-state index contributed by atoms with van der Waals surface area (Å²) in [5.74, 6) is 0.565. The third kappa shape index (κ3) is 1.47. The Bertz CT molecular complexity index is 290. The fraction of sp³-hybridized carbons (Fsp3) is 0.917. The van der Waals surface area contributed by atoms with Gasteiger partial charge in [-0.05, 0) is 25.2 Å². The van der Waals surface area contributed by atoms with E-state index in [1.807, 2.05) is 0 Å². The topological polar surface area (TPSA) is 53.2 Å². The van der Waals surface area contributed by atoms with Gasteiger partial charge >= 0.3 is 0 Å². The minimum Gasteiger partial charge on any atom is -0.388 e. The normalized spacial score (nSPS) is 49.7. The molecule has 0 radical (unpaired) electrons. The molecular formula is C12H19NO2. The molecule has 0 aliphatic heterocycles. The Morgan fingerprint density at radius 1 is 1.40 bits per heavy atom. The van der Waals surface area contributed by atoms with Crippen LogP contribution in [0, 0.1) is 22.7 Å². The lowest BCUT2D eigenvalue weighted by atomic mass is 9.59. The van der Waals surface area contributed by atoms with E-state index < -0.39 is 11.0 Å². The molecule has 2 saturated carbocycles. The molecule has 0 heterocycles. The van der Waals surface area contributed by atoms with Gasteiger partial charge in [0.1, 0.15) is 0 Å². The van der Waals surface area contributed by atoms with E-state index in [1.54, 1.807) is 7.11 Å². The van der Waals surface area contributed by atoms with E-state index in [0.717, 1.165) is 19.3 Å². The first kappa shape index (κ1) is 10.9. The average Bonchev–Trinajstić information content (AvgIpc) is 2.56. The number of hydrogen-bond acceptors (Lipinski definition) is 3. The first-order valence-electron chi connectivity index (χ1n) is 5.72. The number of hydrogen-bond donors (Lipinski definition) is 1. The lowest BCUT2D eigenvalue weighted by molar-refractivity contribution is -0.179. The molecule has 0 bridgehead atoms. The second-order valence-corrected chi connectivity index (χ2v) is 5.34. The molecule has 84 valence electrons. The number of nitriles is 1. The predicted octanol–water partition coefficient (Wildman–Crippen LogP) is 1.86. The molecule has 3 heteroatoms. The molecule has 15 heavy (non-hydrogen) atoms. The van der Waals surface area contributed by atoms with Gasteiger partial charge in [0.05, 0.1) is 23.2 Å². The van der Waals surface area contributed by atoms with Gasteiger partial charge in [0, 0.05) is 20.0 Å². The third-order valence-electron chi connectivity index (χ3n) is 4.33. The third-order valence-corrected chi connectivity index (χ3v) is 4.33. The second kappa shape index (κ2) is 3.47. The minimum absolute atomic E-state index is 0.149. The summed E-state index contributed by atoms with van der Waals surface area (Å²) in [4.78, 5) is 0. The van der Waals surface area contributed by atoms with Crippen LogP contribution < -0.4 is 0 Å². The highest BCUT2D eigenvalue weighted by molar-refractivity contribution is 5.19. The van der Waals surface area contributed by atoms with E-state index in [9.17, 15) is 10.4 Å². The van der Waals surface area contributed by atoms with E-state index in [0.29, 0.717) is 18.8 Å². The summed E-state index contributed by atoms with van der Waals surface area (Å²) >= 11 is 0. The second-order valence-electron chi connectivity index (χ2n) is 5.34. The number of ether oxygens (including phenoxy) is 1. The average molecular weight is 209 g/mol. The highest BCUT2D eigenvalue weighted by Crippen LogP contribution is 2.56. The van der Waals surface area contributed by atoms with E-state index in [1.165, 1.54) is 0 Å². The van der Waals surface area contributed by atoms with Gasteiger partial charge in [0.25, 0.3) is 0 Å². The van der Waals surface area contributed by atoms with Crippen molar-refractivity contribution in [1.82, 2.24) is 0 Å². The Balaban J connectivity index is 2.12. The van der Waals surface area contributed by atoms with Gasteiger partial charge < -0.3 is 9.84 Å². The molecule has 0 aromatic heterocycles. The number of rotatable bonds is 2. The van der Waals surface area contributed by atoms with Crippen molar-refractivity contribution in [2.45, 2.75) is 50.7 Å². The summed E-state index contributed by atoms with van der Waals surface area (Å²) in [7, 11) is 1.67. The lowest BCUT2D eigenvalue weighted by Crippen LogP contribution is -2.58. The number of methoxy groups -OCH3 is 1. The molecule has 2 aliphatic carbocycles. The molecule has 0 amide bonds. The van der Waals surface area contributed by atoms with Gasteiger partial charge in [-0.2, -0.15) is 5.26 Å². The van der Waals surface area contributed by atoms with Crippen LogP contribution in [0.15, 0.2) is 0 Å². The molecule has 0 saturated heterocycles. The van der Waals surface area contributed by atoms with Crippen LogP contribution >= 0.6 is 0 Å². The molecule has 0 spiro atoms. The summed E-state index contributed by atoms with van der Waals surface area (Å²) in [5.41, 5.74) is -1.28. The molecule has 2 atom stereocenters. The van der Waals surface area contributed by atoms with E-state index in [2.05, 4.69) is 13.0 Å². The van der Waals surface area contributed by atoms with Crippen molar-refractivity contribution >= 4 is 0 Å². The lowest BCUT2D eigenvalue weighted by Gasteiger charge is -2.50. The fourth-order valence-corrected chi connectivity index (χ4v) is 3.17. The zero-order valence-electron chi connectivity index (χ0n) is 9.49. The van der Waals surface area contributed by atoms with Crippen molar-refractivity contribution in [3.05, 3.63) is 0 Å². The van der Waals surface area contributed by atoms with Crippen molar-refractivity contribution in [1.29, 1.82) is 5.26 Å². The van der Waals surface area contributed by atoms with Crippen LogP contribution in [0.3, 0.4) is 0 Å². The van der Waals surface area contributed by atoms with Crippen LogP contribution in [0.25, 0.3) is 0 Å². The Hall–Kier alpha value is -0.590. The molecule has 0 aromatic carbocycles. The first-order valence-corrected chi connectivity index (χ1v) is 5.72. The highest BCUT2D eigenvalue weighted by atomic mass is 16.5. The molecule has 3 nitrogen and oxygen atoms in total. The summed E-state index contributed by atoms with van der Waals surface area (Å²) in [6.45, 7) is 2.16. The number of aliphatic hydroxyl groups is 1.